The van der Waals surface area contributed by atoms with Crippen LogP contribution in [-0.4, -0.2) is 43.4 Å². The molecular formula is C21H22N2O6. The summed E-state index contributed by atoms with van der Waals surface area (Å²) in [5, 5.41) is 2.83. The molecule has 3 amide bonds. The molecule has 8 nitrogen and oxygen atoms in total. The van der Waals surface area contributed by atoms with Gasteiger partial charge in [0.1, 0.15) is 17.0 Å². The Morgan fingerprint density at radius 3 is 2.62 bits per heavy atom. The van der Waals surface area contributed by atoms with Gasteiger partial charge in [-0.05, 0) is 42.8 Å². The maximum absolute atomic E-state index is 13.1. The van der Waals surface area contributed by atoms with Crippen LogP contribution in [0.4, 0.5) is 4.79 Å². The minimum atomic E-state index is -1.06. The number of ether oxygens (including phenoxy) is 4. The second kappa shape index (κ2) is 7.20. The minimum Gasteiger partial charge on any atom is -0.497 e. The van der Waals surface area contributed by atoms with Crippen molar-refractivity contribution in [2.45, 2.75) is 25.4 Å². The molecule has 29 heavy (non-hydrogen) atoms. The molecule has 2 heterocycles. The van der Waals surface area contributed by atoms with E-state index in [9.17, 15) is 9.59 Å². The van der Waals surface area contributed by atoms with Crippen molar-refractivity contribution in [2.24, 2.45) is 0 Å². The molecule has 152 valence electrons. The quantitative estimate of drug-likeness (QED) is 0.753. The first-order valence-electron chi connectivity index (χ1n) is 9.17. The van der Waals surface area contributed by atoms with Gasteiger partial charge in [0, 0.05) is 12.0 Å². The number of carbonyl (C=O) groups is 2. The van der Waals surface area contributed by atoms with E-state index in [4.69, 9.17) is 18.9 Å². The van der Waals surface area contributed by atoms with Crippen LogP contribution in [-0.2, 0) is 17.8 Å². The lowest BCUT2D eigenvalue weighted by molar-refractivity contribution is -0.131. The molecule has 2 aliphatic rings. The van der Waals surface area contributed by atoms with E-state index in [2.05, 4.69) is 5.32 Å². The number of nitrogens with one attached hydrogen (secondary N) is 1. The predicted octanol–water partition coefficient (Wildman–Crippen LogP) is 2.49. The molecule has 4 rings (SSSR count). The third-order valence-electron chi connectivity index (χ3n) is 5.16. The summed E-state index contributed by atoms with van der Waals surface area (Å²) in [4.78, 5) is 27.0. The van der Waals surface area contributed by atoms with Crippen LogP contribution >= 0.6 is 0 Å². The third-order valence-corrected chi connectivity index (χ3v) is 5.16. The van der Waals surface area contributed by atoms with Gasteiger partial charge in [0.25, 0.3) is 5.91 Å². The summed E-state index contributed by atoms with van der Waals surface area (Å²) >= 11 is 0. The van der Waals surface area contributed by atoms with Gasteiger partial charge in [-0.1, -0.05) is 6.07 Å². The first-order chi connectivity index (χ1) is 13.9. The van der Waals surface area contributed by atoms with E-state index in [1.807, 2.05) is 12.1 Å². The van der Waals surface area contributed by atoms with E-state index in [1.54, 1.807) is 45.4 Å². The highest BCUT2D eigenvalue weighted by atomic mass is 16.7. The lowest BCUT2D eigenvalue weighted by atomic mass is 9.92. The summed E-state index contributed by atoms with van der Waals surface area (Å²) in [5.74, 6) is 2.21. The van der Waals surface area contributed by atoms with Crippen LogP contribution in [0.25, 0.3) is 0 Å². The molecule has 2 aromatic carbocycles. The van der Waals surface area contributed by atoms with Crippen molar-refractivity contribution in [3.05, 3.63) is 47.5 Å². The maximum atomic E-state index is 13.1. The Labute approximate surface area is 168 Å². The molecule has 1 atom stereocenters. The molecule has 0 aliphatic carbocycles. The Morgan fingerprint density at radius 1 is 1.07 bits per heavy atom. The van der Waals surface area contributed by atoms with Crippen LogP contribution in [0.5, 0.6) is 23.0 Å². The number of hydrogen-bond acceptors (Lipinski definition) is 6. The smallest absolute Gasteiger partial charge is 0.325 e. The fraction of sp³-hybridized carbons (Fsp3) is 0.333. The number of nitrogens with zero attached hydrogens (tertiary/aromatic N) is 1. The summed E-state index contributed by atoms with van der Waals surface area (Å²) < 4.78 is 21.3. The van der Waals surface area contributed by atoms with Gasteiger partial charge in [-0.3, -0.25) is 9.69 Å². The summed E-state index contributed by atoms with van der Waals surface area (Å²) in [6.07, 6.45) is 0.333. The van der Waals surface area contributed by atoms with Gasteiger partial charge in [0.05, 0.1) is 20.8 Å². The Bertz CT molecular complexity index is 976. The zero-order chi connectivity index (χ0) is 20.6. The van der Waals surface area contributed by atoms with Gasteiger partial charge in [-0.2, -0.15) is 0 Å². The largest absolute Gasteiger partial charge is 0.497 e. The van der Waals surface area contributed by atoms with Gasteiger partial charge in [0.15, 0.2) is 11.5 Å². The molecular weight excluding hydrogens is 376 g/mol. The minimum absolute atomic E-state index is 0.0851. The standard InChI is InChI=1S/C21H22N2O6/c1-21(10-13-4-6-17-18(8-13)29-12-28-17)19(24)23(20(25)22-21)11-14-9-15(26-2)5-7-16(14)27-3/h4-9H,10-12H2,1-3H3,(H,22,25)/t21-/m0/s1. The molecule has 0 unspecified atom stereocenters. The normalized spacial score (nSPS) is 20.0. The predicted molar refractivity (Wildman–Crippen MR) is 103 cm³/mol. The average Bonchev–Trinajstić information content (AvgIpc) is 3.25. The fourth-order valence-electron chi connectivity index (χ4n) is 3.65. The van der Waals surface area contributed by atoms with Crippen molar-refractivity contribution in [1.29, 1.82) is 0 Å². The average molecular weight is 398 g/mol. The number of carbonyl (C=O) groups excluding carboxylic acids is 2. The van der Waals surface area contributed by atoms with E-state index in [0.717, 1.165) is 5.56 Å². The number of urea groups is 1. The SMILES string of the molecule is COc1ccc(OC)c(CN2C(=O)N[C@@](C)(Cc3ccc4c(c3)OCO4)C2=O)c1. The molecule has 0 bridgehead atoms. The van der Waals surface area contributed by atoms with Gasteiger partial charge in [-0.25, -0.2) is 4.79 Å². The first-order valence-corrected chi connectivity index (χ1v) is 9.17. The van der Waals surface area contributed by atoms with Crippen LogP contribution in [0.1, 0.15) is 18.1 Å². The zero-order valence-electron chi connectivity index (χ0n) is 16.5. The molecule has 8 heteroatoms. The number of rotatable bonds is 6. The van der Waals surface area contributed by atoms with E-state index >= 15 is 0 Å². The van der Waals surface area contributed by atoms with Crippen LogP contribution in [0.3, 0.4) is 0 Å². The number of imide groups is 1. The van der Waals surface area contributed by atoms with Crippen molar-refractivity contribution in [3.8, 4) is 23.0 Å². The first kappa shape index (κ1) is 18.9. The van der Waals surface area contributed by atoms with Crippen LogP contribution in [0.2, 0.25) is 0 Å². The van der Waals surface area contributed by atoms with Crippen molar-refractivity contribution >= 4 is 11.9 Å². The van der Waals surface area contributed by atoms with E-state index in [-0.39, 0.29) is 19.2 Å². The van der Waals surface area contributed by atoms with E-state index in [0.29, 0.717) is 35.0 Å². The fourth-order valence-corrected chi connectivity index (χ4v) is 3.65. The number of methoxy groups -OCH3 is 2. The second-order valence-corrected chi connectivity index (χ2v) is 7.20. The van der Waals surface area contributed by atoms with Gasteiger partial charge in [-0.15, -0.1) is 0 Å². The van der Waals surface area contributed by atoms with E-state index in [1.165, 1.54) is 4.90 Å². The van der Waals surface area contributed by atoms with Gasteiger partial charge in [0.2, 0.25) is 6.79 Å². The van der Waals surface area contributed by atoms with Crippen LogP contribution in [0.15, 0.2) is 36.4 Å². The van der Waals surface area contributed by atoms with Gasteiger partial charge >= 0.3 is 6.03 Å². The maximum Gasteiger partial charge on any atom is 0.325 e. The Hall–Kier alpha value is -3.42. The molecule has 2 aliphatic heterocycles. The summed E-state index contributed by atoms with van der Waals surface area (Å²) in [6.45, 7) is 1.99. The summed E-state index contributed by atoms with van der Waals surface area (Å²) in [5.41, 5.74) is 0.491. The number of hydrogen-bond donors (Lipinski definition) is 1. The van der Waals surface area contributed by atoms with Crippen LogP contribution in [0, 0.1) is 0 Å². The van der Waals surface area contributed by atoms with Gasteiger partial charge < -0.3 is 24.3 Å². The second-order valence-electron chi connectivity index (χ2n) is 7.20. The monoisotopic (exact) mass is 398 g/mol. The van der Waals surface area contributed by atoms with Crippen LogP contribution < -0.4 is 24.3 Å². The Kier molecular flexibility index (Phi) is 4.70. The summed E-state index contributed by atoms with van der Waals surface area (Å²) in [6, 6.07) is 10.3. The molecule has 0 radical (unpaired) electrons. The molecule has 0 saturated carbocycles. The van der Waals surface area contributed by atoms with Crippen molar-refractivity contribution in [3.63, 3.8) is 0 Å². The van der Waals surface area contributed by atoms with Crippen molar-refractivity contribution in [2.75, 3.05) is 21.0 Å². The highest BCUT2D eigenvalue weighted by molar-refractivity contribution is 6.06. The highest BCUT2D eigenvalue weighted by Crippen LogP contribution is 2.35. The lowest BCUT2D eigenvalue weighted by Gasteiger charge is -2.22. The van der Waals surface area contributed by atoms with Crippen molar-refractivity contribution < 1.29 is 28.5 Å². The Morgan fingerprint density at radius 2 is 1.86 bits per heavy atom. The number of fused-ring (bicyclic) bond motifs is 1. The molecule has 1 N–H and O–H groups in total. The highest BCUT2D eigenvalue weighted by Gasteiger charge is 2.48. The summed E-state index contributed by atoms with van der Waals surface area (Å²) in [7, 11) is 3.10. The zero-order valence-corrected chi connectivity index (χ0v) is 16.5. The molecule has 1 saturated heterocycles. The number of amides is 3. The number of benzene rings is 2. The molecule has 0 spiro atoms. The Balaban J connectivity index is 1.55. The topological polar surface area (TPSA) is 86.3 Å². The lowest BCUT2D eigenvalue weighted by Crippen LogP contribution is -2.45. The van der Waals surface area contributed by atoms with Crippen molar-refractivity contribution in [1.82, 2.24) is 10.2 Å². The molecule has 0 aromatic heterocycles. The molecule has 1 fully saturated rings. The molecule has 2 aromatic rings. The van der Waals surface area contributed by atoms with E-state index < -0.39 is 11.6 Å². The third kappa shape index (κ3) is 3.41.